The fourth-order valence-corrected chi connectivity index (χ4v) is 5.63. The number of esters is 1. The summed E-state index contributed by atoms with van der Waals surface area (Å²) in [6.45, 7) is 18.2. The van der Waals surface area contributed by atoms with Crippen molar-refractivity contribution in [3.63, 3.8) is 0 Å². The highest BCUT2D eigenvalue weighted by molar-refractivity contribution is 6.74. The van der Waals surface area contributed by atoms with E-state index in [-0.39, 0.29) is 34.9 Å². The molecule has 2 rings (SSSR count). The van der Waals surface area contributed by atoms with Crippen LogP contribution in [0.2, 0.25) is 18.1 Å². The first-order valence-electron chi connectivity index (χ1n) is 13.5. The standard InChI is InChI=1S/C30H47NO5Si/c1-10-35-29(33)18-17-28(36-37(8,9)30(4,5)6)22(2)20-26(32)21-25-12-11-19-31(25)23(3)24-13-15-27(34-7)16-14-24/h13-18,21-23,28H,10-12,19-20H2,1-9H3/b18-17+,25-21+/t22?,23?,28-/m1/s1. The molecule has 0 aliphatic carbocycles. The van der Waals surface area contributed by atoms with Crippen LogP contribution in [-0.4, -0.2) is 51.3 Å². The number of rotatable bonds is 12. The Morgan fingerprint density at radius 1 is 1.14 bits per heavy atom. The topological polar surface area (TPSA) is 65.1 Å². The van der Waals surface area contributed by atoms with Crippen molar-refractivity contribution in [2.24, 2.45) is 5.92 Å². The quantitative estimate of drug-likeness (QED) is 0.168. The van der Waals surface area contributed by atoms with Gasteiger partial charge in [-0.25, -0.2) is 4.79 Å². The maximum absolute atomic E-state index is 13.2. The van der Waals surface area contributed by atoms with Crippen LogP contribution in [0.25, 0.3) is 0 Å². The molecule has 1 heterocycles. The van der Waals surface area contributed by atoms with Crippen molar-refractivity contribution >= 4 is 20.1 Å². The molecule has 3 atom stereocenters. The molecule has 0 saturated carbocycles. The summed E-state index contributed by atoms with van der Waals surface area (Å²) in [5.41, 5.74) is 2.28. The fourth-order valence-electron chi connectivity index (χ4n) is 4.28. The Morgan fingerprint density at radius 3 is 2.35 bits per heavy atom. The van der Waals surface area contributed by atoms with Gasteiger partial charge >= 0.3 is 5.97 Å². The van der Waals surface area contributed by atoms with Gasteiger partial charge in [0, 0.05) is 30.8 Å². The van der Waals surface area contributed by atoms with E-state index in [2.05, 4.69) is 57.8 Å². The maximum Gasteiger partial charge on any atom is 0.330 e. The predicted octanol–water partition coefficient (Wildman–Crippen LogP) is 6.84. The summed E-state index contributed by atoms with van der Waals surface area (Å²) in [4.78, 5) is 27.5. The molecule has 1 saturated heterocycles. The third-order valence-electron chi connectivity index (χ3n) is 7.62. The summed E-state index contributed by atoms with van der Waals surface area (Å²) in [7, 11) is -0.458. The number of likely N-dealkylation sites (tertiary alicyclic amines) is 1. The molecular formula is C30H47NO5Si. The maximum atomic E-state index is 13.2. The number of nitrogens with zero attached hydrogens (tertiary/aromatic N) is 1. The molecule has 0 spiro atoms. The van der Waals surface area contributed by atoms with Gasteiger partial charge in [0.25, 0.3) is 0 Å². The molecule has 2 unspecified atom stereocenters. The second-order valence-electron chi connectivity index (χ2n) is 11.5. The molecule has 0 bridgehead atoms. The van der Waals surface area contributed by atoms with Gasteiger partial charge in [-0.2, -0.15) is 0 Å². The molecule has 6 nitrogen and oxygen atoms in total. The van der Waals surface area contributed by atoms with Gasteiger partial charge in [0.05, 0.1) is 25.9 Å². The molecule has 206 valence electrons. The van der Waals surface area contributed by atoms with Crippen molar-refractivity contribution in [2.75, 3.05) is 20.3 Å². The minimum Gasteiger partial charge on any atom is -0.497 e. The number of ether oxygens (including phenoxy) is 2. The average molecular weight is 530 g/mol. The molecule has 1 aliphatic heterocycles. The number of hydrogen-bond donors (Lipinski definition) is 0. The Hall–Kier alpha value is -2.38. The highest BCUT2D eigenvalue weighted by Gasteiger charge is 2.40. The Balaban J connectivity index is 2.17. The first-order chi connectivity index (χ1) is 17.3. The minimum atomic E-state index is -2.13. The largest absolute Gasteiger partial charge is 0.497 e. The molecule has 37 heavy (non-hydrogen) atoms. The summed E-state index contributed by atoms with van der Waals surface area (Å²) in [6, 6.07) is 8.30. The summed E-state index contributed by atoms with van der Waals surface area (Å²) in [5.74, 6) is 0.451. The number of allylic oxidation sites excluding steroid dienone is 2. The second-order valence-corrected chi connectivity index (χ2v) is 16.2. The van der Waals surface area contributed by atoms with Crippen LogP contribution in [0.3, 0.4) is 0 Å². The fraction of sp³-hybridized carbons (Fsp3) is 0.600. The third kappa shape index (κ3) is 8.85. The van der Waals surface area contributed by atoms with Crippen LogP contribution in [0.4, 0.5) is 0 Å². The lowest BCUT2D eigenvalue weighted by molar-refractivity contribution is -0.137. The van der Waals surface area contributed by atoms with Crippen molar-refractivity contribution in [1.82, 2.24) is 4.90 Å². The van der Waals surface area contributed by atoms with E-state index in [1.54, 1.807) is 20.1 Å². The first-order valence-corrected chi connectivity index (χ1v) is 16.4. The molecule has 1 aliphatic rings. The van der Waals surface area contributed by atoms with Crippen LogP contribution in [-0.2, 0) is 18.8 Å². The Morgan fingerprint density at radius 2 is 1.78 bits per heavy atom. The van der Waals surface area contributed by atoms with Crippen molar-refractivity contribution in [3.05, 3.63) is 53.8 Å². The van der Waals surface area contributed by atoms with Gasteiger partial charge in [0.15, 0.2) is 14.1 Å². The van der Waals surface area contributed by atoms with Crippen LogP contribution in [0.15, 0.2) is 48.2 Å². The molecule has 0 amide bonds. The van der Waals surface area contributed by atoms with Gasteiger partial charge in [-0.3, -0.25) is 4.79 Å². The zero-order valence-corrected chi connectivity index (χ0v) is 25.3. The second kappa shape index (κ2) is 13.4. The van der Waals surface area contributed by atoms with Crippen LogP contribution < -0.4 is 4.74 Å². The molecular weight excluding hydrogens is 482 g/mol. The van der Waals surface area contributed by atoms with Crippen LogP contribution in [0, 0.1) is 5.92 Å². The van der Waals surface area contributed by atoms with Gasteiger partial charge in [0.2, 0.25) is 0 Å². The van der Waals surface area contributed by atoms with Crippen molar-refractivity contribution in [2.45, 2.75) is 91.1 Å². The van der Waals surface area contributed by atoms with Crippen molar-refractivity contribution in [3.8, 4) is 5.75 Å². The van der Waals surface area contributed by atoms with Gasteiger partial charge < -0.3 is 18.8 Å². The molecule has 1 aromatic carbocycles. The van der Waals surface area contributed by atoms with E-state index in [1.165, 1.54) is 11.6 Å². The zero-order valence-electron chi connectivity index (χ0n) is 24.3. The van der Waals surface area contributed by atoms with E-state index in [0.29, 0.717) is 13.0 Å². The van der Waals surface area contributed by atoms with Gasteiger partial charge in [-0.1, -0.05) is 39.8 Å². The lowest BCUT2D eigenvalue weighted by Crippen LogP contribution is -2.45. The molecule has 1 aromatic rings. The van der Waals surface area contributed by atoms with Crippen LogP contribution >= 0.6 is 0 Å². The summed E-state index contributed by atoms with van der Waals surface area (Å²) in [5, 5.41) is 0.0106. The highest BCUT2D eigenvalue weighted by Crippen LogP contribution is 2.39. The lowest BCUT2D eigenvalue weighted by Gasteiger charge is -2.40. The summed E-state index contributed by atoms with van der Waals surface area (Å²) in [6.07, 6.45) is 6.98. The van der Waals surface area contributed by atoms with E-state index < -0.39 is 8.32 Å². The number of carbonyl (C=O) groups is 2. The predicted molar refractivity (Wildman–Crippen MR) is 152 cm³/mol. The molecule has 0 radical (unpaired) electrons. The Labute approximate surface area is 225 Å². The number of hydrogen-bond acceptors (Lipinski definition) is 6. The number of benzene rings is 1. The number of ketones is 1. The van der Waals surface area contributed by atoms with E-state index >= 15 is 0 Å². The molecule has 0 N–H and O–H groups in total. The van der Waals surface area contributed by atoms with Gasteiger partial charge in [-0.05, 0) is 74.5 Å². The Kier molecular flexibility index (Phi) is 11.2. The monoisotopic (exact) mass is 529 g/mol. The smallest absolute Gasteiger partial charge is 0.330 e. The summed E-state index contributed by atoms with van der Waals surface area (Å²) >= 11 is 0. The highest BCUT2D eigenvalue weighted by atomic mass is 28.4. The Bertz CT molecular complexity index is 961. The molecule has 1 fully saturated rings. The lowest BCUT2D eigenvalue weighted by atomic mass is 9.97. The SMILES string of the molecule is CCOC(=O)/C=C/[C@@H](O[Si](C)(C)C(C)(C)C)C(C)CC(=O)/C=C1\CCCN1C(C)c1ccc(OC)cc1. The first kappa shape index (κ1) is 30.8. The van der Waals surface area contributed by atoms with E-state index in [1.807, 2.05) is 25.1 Å². The summed E-state index contributed by atoms with van der Waals surface area (Å²) < 4.78 is 17.0. The zero-order chi connectivity index (χ0) is 27.8. The average Bonchev–Trinajstić information content (AvgIpc) is 3.28. The van der Waals surface area contributed by atoms with E-state index in [0.717, 1.165) is 30.8 Å². The van der Waals surface area contributed by atoms with Gasteiger partial charge in [-0.15, -0.1) is 0 Å². The minimum absolute atomic E-state index is 0.0106. The number of methoxy groups -OCH3 is 1. The van der Waals surface area contributed by atoms with Gasteiger partial charge in [0.1, 0.15) is 5.75 Å². The van der Waals surface area contributed by atoms with E-state index in [4.69, 9.17) is 13.9 Å². The van der Waals surface area contributed by atoms with E-state index in [9.17, 15) is 9.59 Å². The molecule has 0 aromatic heterocycles. The third-order valence-corrected chi connectivity index (χ3v) is 12.1. The van der Waals surface area contributed by atoms with Crippen molar-refractivity contribution < 1.29 is 23.5 Å². The van der Waals surface area contributed by atoms with Crippen molar-refractivity contribution in [1.29, 1.82) is 0 Å². The number of carbonyl (C=O) groups excluding carboxylic acids is 2. The molecule has 7 heteroatoms. The van der Waals surface area contributed by atoms with Crippen LogP contribution in [0.5, 0.6) is 5.75 Å². The van der Waals surface area contributed by atoms with Crippen LogP contribution in [0.1, 0.15) is 72.4 Å². The normalized spacial score (nSPS) is 18.2.